The first kappa shape index (κ1) is 10.1. The Labute approximate surface area is 98.8 Å². The van der Waals surface area contributed by atoms with E-state index in [2.05, 4.69) is 65.2 Å². The van der Waals surface area contributed by atoms with Crippen LogP contribution in [-0.4, -0.2) is 0 Å². The predicted molar refractivity (Wildman–Crippen MR) is 57.1 cm³/mol. The number of aromatic nitrogens is 1. The lowest BCUT2D eigenvalue weighted by Gasteiger charge is -1.95. The van der Waals surface area contributed by atoms with Crippen molar-refractivity contribution in [3.05, 3.63) is 60.8 Å². The van der Waals surface area contributed by atoms with Gasteiger partial charge in [0.15, 0.2) is 6.20 Å². The highest BCUT2D eigenvalue weighted by atomic mass is 79.9. The molecule has 2 heterocycles. The van der Waals surface area contributed by atoms with Gasteiger partial charge in [-0.1, -0.05) is 12.1 Å². The van der Waals surface area contributed by atoms with Crippen LogP contribution in [0.2, 0.25) is 0 Å². The maximum atomic E-state index is 2.20. The van der Waals surface area contributed by atoms with Crippen molar-refractivity contribution in [1.29, 1.82) is 0 Å². The van der Waals surface area contributed by atoms with Crippen LogP contribution in [0.25, 0.3) is 16.4 Å². The molecule has 0 aliphatic carbocycles. The van der Waals surface area contributed by atoms with E-state index in [0.29, 0.717) is 0 Å². The SMILES string of the molecule is [Br-].c1ccc2c(c1)ccc1cccc[n+]12. The molecule has 0 bridgehead atoms. The van der Waals surface area contributed by atoms with E-state index in [-0.39, 0.29) is 17.0 Å². The molecule has 0 saturated carbocycles. The summed E-state index contributed by atoms with van der Waals surface area (Å²) in [5, 5.41) is 1.27. The van der Waals surface area contributed by atoms with Crippen molar-refractivity contribution in [3.8, 4) is 0 Å². The average Bonchev–Trinajstić information content (AvgIpc) is 2.29. The minimum atomic E-state index is 0. The van der Waals surface area contributed by atoms with Crippen LogP contribution in [-0.2, 0) is 0 Å². The summed E-state index contributed by atoms with van der Waals surface area (Å²) in [4.78, 5) is 0. The van der Waals surface area contributed by atoms with Crippen molar-refractivity contribution in [2.24, 2.45) is 0 Å². The van der Waals surface area contributed by atoms with Crippen molar-refractivity contribution in [3.63, 3.8) is 0 Å². The fourth-order valence-electron chi connectivity index (χ4n) is 1.83. The lowest BCUT2D eigenvalue weighted by molar-refractivity contribution is -0.481. The van der Waals surface area contributed by atoms with Gasteiger partial charge in [-0.3, -0.25) is 0 Å². The van der Waals surface area contributed by atoms with Gasteiger partial charge in [0.1, 0.15) is 0 Å². The highest BCUT2D eigenvalue weighted by molar-refractivity contribution is 5.77. The first-order chi connectivity index (χ1) is 6.95. The second kappa shape index (κ2) is 3.99. The fourth-order valence-corrected chi connectivity index (χ4v) is 1.83. The Bertz CT molecular complexity index is 550. The Balaban J connectivity index is 0.000000853. The summed E-state index contributed by atoms with van der Waals surface area (Å²) in [7, 11) is 0. The van der Waals surface area contributed by atoms with Crippen LogP contribution in [0.4, 0.5) is 0 Å². The number of hydrogen-bond acceptors (Lipinski definition) is 0. The van der Waals surface area contributed by atoms with Gasteiger partial charge in [0, 0.05) is 29.7 Å². The molecule has 2 aromatic heterocycles. The second-order valence-electron chi connectivity index (χ2n) is 3.39. The zero-order chi connectivity index (χ0) is 9.38. The van der Waals surface area contributed by atoms with E-state index in [9.17, 15) is 0 Å². The number of pyridine rings is 2. The van der Waals surface area contributed by atoms with Gasteiger partial charge in [0.25, 0.3) is 0 Å². The molecule has 74 valence electrons. The van der Waals surface area contributed by atoms with Crippen LogP contribution in [0.15, 0.2) is 60.8 Å². The number of hydrogen-bond donors (Lipinski definition) is 0. The highest BCUT2D eigenvalue weighted by Gasteiger charge is 2.05. The summed E-state index contributed by atoms with van der Waals surface area (Å²) in [6.07, 6.45) is 2.09. The molecule has 3 rings (SSSR count). The summed E-state index contributed by atoms with van der Waals surface area (Å²) >= 11 is 0. The van der Waals surface area contributed by atoms with Crippen LogP contribution in [0.5, 0.6) is 0 Å². The minimum absolute atomic E-state index is 0. The molecule has 0 amide bonds. The molecule has 0 aliphatic rings. The Morgan fingerprint density at radius 2 is 1.53 bits per heavy atom. The third-order valence-corrected chi connectivity index (χ3v) is 2.52. The summed E-state index contributed by atoms with van der Waals surface area (Å²) in [6.45, 7) is 0. The zero-order valence-corrected chi connectivity index (χ0v) is 9.68. The topological polar surface area (TPSA) is 4.10 Å². The van der Waals surface area contributed by atoms with Crippen molar-refractivity contribution in [2.75, 3.05) is 0 Å². The number of fused-ring (bicyclic) bond motifs is 3. The first-order valence-electron chi connectivity index (χ1n) is 4.73. The molecule has 0 aliphatic heterocycles. The Morgan fingerprint density at radius 1 is 0.733 bits per heavy atom. The summed E-state index contributed by atoms with van der Waals surface area (Å²) < 4.78 is 2.20. The quantitative estimate of drug-likeness (QED) is 0.382. The van der Waals surface area contributed by atoms with E-state index in [1.165, 1.54) is 16.4 Å². The molecule has 15 heavy (non-hydrogen) atoms. The molecule has 0 atom stereocenters. The van der Waals surface area contributed by atoms with E-state index in [0.717, 1.165) is 0 Å². The summed E-state index contributed by atoms with van der Waals surface area (Å²) in [6, 6.07) is 18.9. The van der Waals surface area contributed by atoms with Gasteiger partial charge in [-0.2, -0.15) is 4.40 Å². The van der Waals surface area contributed by atoms with E-state index in [1.807, 2.05) is 0 Å². The largest absolute Gasteiger partial charge is 1.00 e. The smallest absolute Gasteiger partial charge is 0.218 e. The molecule has 0 spiro atoms. The first-order valence-corrected chi connectivity index (χ1v) is 4.73. The Hall–Kier alpha value is -1.41. The van der Waals surface area contributed by atoms with E-state index < -0.39 is 0 Å². The van der Waals surface area contributed by atoms with Gasteiger partial charge in [0.2, 0.25) is 11.0 Å². The number of halogens is 1. The van der Waals surface area contributed by atoms with Crippen LogP contribution in [0.3, 0.4) is 0 Å². The number of benzene rings is 1. The monoisotopic (exact) mass is 259 g/mol. The predicted octanol–water partition coefficient (Wildman–Crippen LogP) is -0.417. The summed E-state index contributed by atoms with van der Waals surface area (Å²) in [5.74, 6) is 0. The van der Waals surface area contributed by atoms with Crippen LogP contribution >= 0.6 is 0 Å². The van der Waals surface area contributed by atoms with Gasteiger partial charge in [-0.15, -0.1) is 0 Å². The van der Waals surface area contributed by atoms with Gasteiger partial charge in [0.05, 0.1) is 0 Å². The molecular formula is C13H10BrN. The third-order valence-electron chi connectivity index (χ3n) is 2.52. The van der Waals surface area contributed by atoms with Crippen LogP contribution in [0.1, 0.15) is 0 Å². The van der Waals surface area contributed by atoms with E-state index in [1.54, 1.807) is 0 Å². The molecule has 1 nitrogen and oxygen atoms in total. The number of nitrogens with zero attached hydrogens (tertiary/aromatic N) is 1. The van der Waals surface area contributed by atoms with Gasteiger partial charge < -0.3 is 17.0 Å². The zero-order valence-electron chi connectivity index (χ0n) is 8.10. The van der Waals surface area contributed by atoms with Gasteiger partial charge in [-0.05, 0) is 18.2 Å². The molecule has 0 fully saturated rings. The lowest BCUT2D eigenvalue weighted by Crippen LogP contribution is -3.00. The molecule has 3 aromatic rings. The molecule has 0 N–H and O–H groups in total. The lowest BCUT2D eigenvalue weighted by atomic mass is 10.2. The number of para-hydroxylation sites is 1. The average molecular weight is 260 g/mol. The molecule has 1 aromatic carbocycles. The van der Waals surface area contributed by atoms with Gasteiger partial charge in [-0.25, -0.2) is 0 Å². The van der Waals surface area contributed by atoms with E-state index in [4.69, 9.17) is 0 Å². The van der Waals surface area contributed by atoms with Crippen molar-refractivity contribution in [2.45, 2.75) is 0 Å². The second-order valence-corrected chi connectivity index (χ2v) is 3.39. The van der Waals surface area contributed by atoms with Crippen molar-refractivity contribution in [1.82, 2.24) is 0 Å². The Morgan fingerprint density at radius 3 is 2.47 bits per heavy atom. The van der Waals surface area contributed by atoms with E-state index >= 15 is 0 Å². The molecular weight excluding hydrogens is 250 g/mol. The van der Waals surface area contributed by atoms with Crippen molar-refractivity contribution < 1.29 is 21.4 Å². The summed E-state index contributed by atoms with van der Waals surface area (Å²) in [5.41, 5.74) is 2.48. The molecule has 0 saturated heterocycles. The third kappa shape index (κ3) is 1.61. The minimum Gasteiger partial charge on any atom is -1.00 e. The maximum Gasteiger partial charge on any atom is 0.218 e. The maximum absolute atomic E-state index is 2.20. The standard InChI is InChI=1S/C13H10N.BrH/c1-2-7-13-11(5-1)8-9-12-6-3-4-10-14(12)13;/h1-10H;1H/q+1;/p-1. The van der Waals surface area contributed by atoms with Crippen molar-refractivity contribution >= 4 is 16.4 Å². The molecule has 0 unspecified atom stereocenters. The molecule has 0 radical (unpaired) electrons. The highest BCUT2D eigenvalue weighted by Crippen LogP contribution is 2.10. The van der Waals surface area contributed by atoms with Gasteiger partial charge >= 0.3 is 0 Å². The molecule has 2 heteroatoms. The van der Waals surface area contributed by atoms with Crippen LogP contribution in [0, 0.1) is 0 Å². The normalized spacial score (nSPS) is 10.1. The Kier molecular flexibility index (Phi) is 2.69. The fraction of sp³-hybridized carbons (Fsp3) is 0. The number of rotatable bonds is 0. The van der Waals surface area contributed by atoms with Crippen LogP contribution < -0.4 is 21.4 Å².